The van der Waals surface area contributed by atoms with Crippen LogP contribution in [0.25, 0.3) is 0 Å². The molecule has 0 amide bonds. The first kappa shape index (κ1) is 6.05. The fourth-order valence-corrected chi connectivity index (χ4v) is 1.20. The Morgan fingerprint density at radius 1 is 1.50 bits per heavy atom. The Kier molecular flexibility index (Phi) is 1.86. The number of hydrogen-bond acceptors (Lipinski definition) is 2. The molecule has 2 atom stereocenters. The second kappa shape index (κ2) is 2.46. The summed E-state index contributed by atoms with van der Waals surface area (Å²) in [4.78, 5) is 0. The molecule has 1 rings (SSSR count). The first-order valence-electron chi connectivity index (χ1n) is 3.25. The standard InChI is InChI=1S/C6H14N2/c1-5-2-6(7)4-8-3-5/h5-6,8H,2-4,7H2,1H3/t5?,6-/m0/s1. The van der Waals surface area contributed by atoms with Crippen molar-refractivity contribution < 1.29 is 0 Å². The van der Waals surface area contributed by atoms with Crippen LogP contribution in [-0.2, 0) is 0 Å². The Bertz CT molecular complexity index is 64.9. The number of hydrogen-bond donors (Lipinski definition) is 2. The van der Waals surface area contributed by atoms with Gasteiger partial charge in [0.15, 0.2) is 0 Å². The normalized spacial score (nSPS) is 39.8. The minimum Gasteiger partial charge on any atom is -0.327 e. The average molecular weight is 114 g/mol. The summed E-state index contributed by atoms with van der Waals surface area (Å²) < 4.78 is 0. The van der Waals surface area contributed by atoms with Crippen molar-refractivity contribution >= 4 is 0 Å². The lowest BCUT2D eigenvalue weighted by atomic mass is 9.99. The van der Waals surface area contributed by atoms with Crippen molar-refractivity contribution in [2.45, 2.75) is 19.4 Å². The highest BCUT2D eigenvalue weighted by molar-refractivity contribution is 4.75. The summed E-state index contributed by atoms with van der Waals surface area (Å²) in [6.45, 7) is 4.38. The number of piperidine rings is 1. The van der Waals surface area contributed by atoms with E-state index in [1.54, 1.807) is 0 Å². The van der Waals surface area contributed by atoms with E-state index in [4.69, 9.17) is 5.73 Å². The van der Waals surface area contributed by atoms with Crippen molar-refractivity contribution in [2.75, 3.05) is 13.1 Å². The molecule has 1 aliphatic rings. The van der Waals surface area contributed by atoms with E-state index in [0.717, 1.165) is 19.0 Å². The van der Waals surface area contributed by atoms with Gasteiger partial charge in [0.1, 0.15) is 0 Å². The summed E-state index contributed by atoms with van der Waals surface area (Å²) in [5.74, 6) is 0.777. The van der Waals surface area contributed by atoms with E-state index in [0.29, 0.717) is 6.04 Å². The third-order valence-electron chi connectivity index (χ3n) is 1.60. The summed E-state index contributed by atoms with van der Waals surface area (Å²) in [5.41, 5.74) is 5.66. The summed E-state index contributed by atoms with van der Waals surface area (Å²) >= 11 is 0. The van der Waals surface area contributed by atoms with Crippen LogP contribution in [0.4, 0.5) is 0 Å². The third-order valence-corrected chi connectivity index (χ3v) is 1.60. The van der Waals surface area contributed by atoms with E-state index < -0.39 is 0 Å². The van der Waals surface area contributed by atoms with Gasteiger partial charge in [-0.15, -0.1) is 0 Å². The second-order valence-corrected chi connectivity index (χ2v) is 2.76. The van der Waals surface area contributed by atoms with Gasteiger partial charge in [0.05, 0.1) is 0 Å². The van der Waals surface area contributed by atoms with Crippen LogP contribution in [0, 0.1) is 5.92 Å². The van der Waals surface area contributed by atoms with E-state index in [2.05, 4.69) is 12.2 Å². The molecule has 0 bridgehead atoms. The zero-order valence-electron chi connectivity index (χ0n) is 5.35. The van der Waals surface area contributed by atoms with Crippen LogP contribution < -0.4 is 11.1 Å². The highest BCUT2D eigenvalue weighted by Crippen LogP contribution is 2.06. The van der Waals surface area contributed by atoms with Gasteiger partial charge in [-0.3, -0.25) is 0 Å². The second-order valence-electron chi connectivity index (χ2n) is 2.76. The smallest absolute Gasteiger partial charge is 0.0168 e. The number of nitrogens with two attached hydrogens (primary N) is 1. The fraction of sp³-hybridized carbons (Fsp3) is 1.00. The monoisotopic (exact) mass is 114 g/mol. The van der Waals surface area contributed by atoms with E-state index in [1.807, 2.05) is 0 Å². The molecule has 0 saturated carbocycles. The van der Waals surface area contributed by atoms with Gasteiger partial charge in [-0.2, -0.15) is 0 Å². The van der Waals surface area contributed by atoms with Crippen LogP contribution in [0.3, 0.4) is 0 Å². The quantitative estimate of drug-likeness (QED) is 0.463. The van der Waals surface area contributed by atoms with Crippen LogP contribution in [0.5, 0.6) is 0 Å². The first-order chi connectivity index (χ1) is 3.79. The van der Waals surface area contributed by atoms with Crippen molar-refractivity contribution in [1.29, 1.82) is 0 Å². The third kappa shape index (κ3) is 1.46. The van der Waals surface area contributed by atoms with Crippen LogP contribution >= 0.6 is 0 Å². The Morgan fingerprint density at radius 2 is 2.25 bits per heavy atom. The molecule has 3 N–H and O–H groups in total. The molecular formula is C6H14N2. The van der Waals surface area contributed by atoms with Gasteiger partial charge in [-0.05, 0) is 18.9 Å². The largest absolute Gasteiger partial charge is 0.327 e. The maximum Gasteiger partial charge on any atom is 0.0168 e. The number of rotatable bonds is 0. The molecule has 1 fully saturated rings. The SMILES string of the molecule is CC1CNC[C@@H](N)C1. The molecule has 0 spiro atoms. The molecule has 1 heterocycles. The molecule has 0 radical (unpaired) electrons. The zero-order valence-corrected chi connectivity index (χ0v) is 5.35. The first-order valence-corrected chi connectivity index (χ1v) is 3.25. The Labute approximate surface area is 50.4 Å². The van der Waals surface area contributed by atoms with Crippen LogP contribution in [-0.4, -0.2) is 19.1 Å². The van der Waals surface area contributed by atoms with E-state index in [-0.39, 0.29) is 0 Å². The molecule has 2 heteroatoms. The molecule has 1 saturated heterocycles. The molecule has 0 aromatic heterocycles. The summed E-state index contributed by atoms with van der Waals surface area (Å²) in [7, 11) is 0. The maximum atomic E-state index is 5.66. The van der Waals surface area contributed by atoms with Gasteiger partial charge in [0, 0.05) is 12.6 Å². The van der Waals surface area contributed by atoms with Crippen molar-refractivity contribution in [1.82, 2.24) is 5.32 Å². The Morgan fingerprint density at radius 3 is 2.62 bits per heavy atom. The van der Waals surface area contributed by atoms with Crippen molar-refractivity contribution in [2.24, 2.45) is 11.7 Å². The highest BCUT2D eigenvalue weighted by atomic mass is 14.9. The van der Waals surface area contributed by atoms with Gasteiger partial charge >= 0.3 is 0 Å². The fourth-order valence-electron chi connectivity index (χ4n) is 1.20. The van der Waals surface area contributed by atoms with Crippen molar-refractivity contribution in [3.63, 3.8) is 0 Å². The summed E-state index contributed by atoms with van der Waals surface area (Å²) in [6.07, 6.45) is 1.19. The molecule has 1 aliphatic heterocycles. The average Bonchev–Trinajstić information content (AvgIpc) is 1.64. The molecule has 0 aliphatic carbocycles. The molecule has 48 valence electrons. The van der Waals surface area contributed by atoms with Gasteiger partial charge in [0.25, 0.3) is 0 Å². The molecule has 2 nitrogen and oxygen atoms in total. The zero-order chi connectivity index (χ0) is 5.98. The lowest BCUT2D eigenvalue weighted by Gasteiger charge is -2.24. The molecule has 0 aromatic rings. The molecule has 1 unspecified atom stereocenters. The van der Waals surface area contributed by atoms with E-state index in [9.17, 15) is 0 Å². The van der Waals surface area contributed by atoms with Crippen LogP contribution in [0.1, 0.15) is 13.3 Å². The van der Waals surface area contributed by atoms with Crippen LogP contribution in [0.2, 0.25) is 0 Å². The molecule has 0 aromatic carbocycles. The molecular weight excluding hydrogens is 100 g/mol. The van der Waals surface area contributed by atoms with E-state index in [1.165, 1.54) is 6.42 Å². The predicted octanol–water partition coefficient (Wildman–Crippen LogP) is -0.0569. The lowest BCUT2D eigenvalue weighted by Crippen LogP contribution is -2.43. The summed E-state index contributed by atoms with van der Waals surface area (Å²) in [6, 6.07) is 0.402. The van der Waals surface area contributed by atoms with E-state index >= 15 is 0 Å². The minimum atomic E-state index is 0.402. The lowest BCUT2D eigenvalue weighted by molar-refractivity contribution is 0.364. The highest BCUT2D eigenvalue weighted by Gasteiger charge is 2.13. The Hall–Kier alpha value is -0.0800. The van der Waals surface area contributed by atoms with Crippen molar-refractivity contribution in [3.05, 3.63) is 0 Å². The summed E-state index contributed by atoms with van der Waals surface area (Å²) in [5, 5.41) is 3.26. The van der Waals surface area contributed by atoms with Crippen molar-refractivity contribution in [3.8, 4) is 0 Å². The minimum absolute atomic E-state index is 0.402. The Balaban J connectivity index is 2.23. The predicted molar refractivity (Wildman–Crippen MR) is 34.6 cm³/mol. The maximum absolute atomic E-state index is 5.66. The van der Waals surface area contributed by atoms with Crippen LogP contribution in [0.15, 0.2) is 0 Å². The topological polar surface area (TPSA) is 38.0 Å². The van der Waals surface area contributed by atoms with Gasteiger partial charge in [0.2, 0.25) is 0 Å². The van der Waals surface area contributed by atoms with Gasteiger partial charge in [-0.25, -0.2) is 0 Å². The van der Waals surface area contributed by atoms with Gasteiger partial charge in [-0.1, -0.05) is 6.92 Å². The number of nitrogens with one attached hydrogen (secondary N) is 1. The van der Waals surface area contributed by atoms with Gasteiger partial charge < -0.3 is 11.1 Å². The molecule has 8 heavy (non-hydrogen) atoms.